The number of hydrogen-bond acceptors (Lipinski definition) is 4. The van der Waals surface area contributed by atoms with E-state index >= 15 is 0 Å². The molecule has 0 heterocycles. The average Bonchev–Trinajstić information content (AvgIpc) is 2.57. The third-order valence-corrected chi connectivity index (χ3v) is 5.14. The fourth-order valence-electron chi connectivity index (χ4n) is 3.36. The summed E-state index contributed by atoms with van der Waals surface area (Å²) in [5, 5.41) is 2.87. The van der Waals surface area contributed by atoms with Gasteiger partial charge in [-0.2, -0.15) is 0 Å². The van der Waals surface area contributed by atoms with Crippen molar-refractivity contribution in [3.8, 4) is 0 Å². The molecule has 1 aromatic carbocycles. The second-order valence-electron chi connectivity index (χ2n) is 11.0. The Morgan fingerprint density at radius 3 is 1.97 bits per heavy atom. The van der Waals surface area contributed by atoms with Crippen LogP contribution in [0.25, 0.3) is 0 Å². The van der Waals surface area contributed by atoms with Gasteiger partial charge in [0.2, 0.25) is 0 Å². The van der Waals surface area contributed by atoms with Crippen LogP contribution in [0.3, 0.4) is 0 Å². The van der Waals surface area contributed by atoms with Crippen LogP contribution in [0.5, 0.6) is 0 Å². The maximum Gasteiger partial charge on any atom is 0.408 e. The zero-order valence-electron chi connectivity index (χ0n) is 21.2. The van der Waals surface area contributed by atoms with E-state index in [4.69, 9.17) is 9.47 Å². The van der Waals surface area contributed by atoms with Gasteiger partial charge in [0.1, 0.15) is 11.2 Å². The van der Waals surface area contributed by atoms with Crippen molar-refractivity contribution in [1.29, 1.82) is 0 Å². The highest BCUT2D eigenvalue weighted by atomic mass is 16.6. The molecule has 1 atom stereocenters. The van der Waals surface area contributed by atoms with Gasteiger partial charge in [-0.1, -0.05) is 45.0 Å². The first-order valence-corrected chi connectivity index (χ1v) is 11.3. The standard InChI is InChI=1S/C26H43NO4/c1-18(2)17-20-11-13-21(14-12-20)19(3)22(28)26(9,10)30-16-15-25(7,8)27-23(29)31-24(4,5)6/h11-14,18-19H,15-17H2,1-10H3,(H,27,29). The highest BCUT2D eigenvalue weighted by Crippen LogP contribution is 2.26. The van der Waals surface area contributed by atoms with Gasteiger partial charge in [0.15, 0.2) is 5.78 Å². The van der Waals surface area contributed by atoms with Crippen LogP contribution in [-0.2, 0) is 20.7 Å². The Bertz CT molecular complexity index is 727. The summed E-state index contributed by atoms with van der Waals surface area (Å²) in [5.74, 6) is 0.393. The normalized spacial score (nSPS) is 13.8. The molecule has 1 aromatic rings. The first kappa shape index (κ1) is 27.2. The van der Waals surface area contributed by atoms with E-state index in [1.807, 2.05) is 67.5 Å². The highest BCUT2D eigenvalue weighted by molar-refractivity contribution is 5.92. The van der Waals surface area contributed by atoms with Crippen LogP contribution in [0.4, 0.5) is 4.79 Å². The molecule has 0 aliphatic heterocycles. The van der Waals surface area contributed by atoms with Crippen molar-refractivity contribution < 1.29 is 19.1 Å². The quantitative estimate of drug-likeness (QED) is 0.488. The van der Waals surface area contributed by atoms with Crippen molar-refractivity contribution in [1.82, 2.24) is 5.32 Å². The second kappa shape index (κ2) is 10.6. The lowest BCUT2D eigenvalue weighted by atomic mass is 9.87. The van der Waals surface area contributed by atoms with Crippen molar-refractivity contribution in [2.45, 2.75) is 105 Å². The summed E-state index contributed by atoms with van der Waals surface area (Å²) in [6.45, 7) is 19.6. The van der Waals surface area contributed by atoms with Crippen LogP contribution >= 0.6 is 0 Å². The molecule has 0 spiro atoms. The van der Waals surface area contributed by atoms with Crippen LogP contribution < -0.4 is 5.32 Å². The van der Waals surface area contributed by atoms with Crippen molar-refractivity contribution in [2.75, 3.05) is 6.61 Å². The number of nitrogens with one attached hydrogen (secondary N) is 1. The number of carbonyl (C=O) groups is 2. The van der Waals surface area contributed by atoms with E-state index in [2.05, 4.69) is 31.3 Å². The zero-order chi connectivity index (χ0) is 24.0. The van der Waals surface area contributed by atoms with Gasteiger partial charge in [-0.25, -0.2) is 4.79 Å². The molecule has 0 radical (unpaired) electrons. The zero-order valence-corrected chi connectivity index (χ0v) is 21.2. The van der Waals surface area contributed by atoms with E-state index in [1.54, 1.807) is 0 Å². The molecular weight excluding hydrogens is 390 g/mol. The molecule has 0 fully saturated rings. The predicted molar refractivity (Wildman–Crippen MR) is 127 cm³/mol. The van der Waals surface area contributed by atoms with Gasteiger partial charge >= 0.3 is 6.09 Å². The molecule has 0 saturated carbocycles. The summed E-state index contributed by atoms with van der Waals surface area (Å²) in [6, 6.07) is 8.31. The Morgan fingerprint density at radius 1 is 0.935 bits per heavy atom. The number of alkyl carbamates (subject to hydrolysis) is 1. The van der Waals surface area contributed by atoms with Crippen LogP contribution in [0.1, 0.15) is 92.7 Å². The molecule has 5 nitrogen and oxygen atoms in total. The number of amides is 1. The monoisotopic (exact) mass is 433 g/mol. The Kier molecular flexibility index (Phi) is 9.31. The first-order valence-electron chi connectivity index (χ1n) is 11.3. The lowest BCUT2D eigenvalue weighted by Gasteiger charge is -2.31. The van der Waals surface area contributed by atoms with Gasteiger partial charge in [-0.05, 0) is 78.4 Å². The molecule has 0 bridgehead atoms. The Balaban J connectivity index is 2.64. The van der Waals surface area contributed by atoms with Crippen LogP contribution in [0.15, 0.2) is 24.3 Å². The average molecular weight is 434 g/mol. The lowest BCUT2D eigenvalue weighted by molar-refractivity contribution is -0.142. The summed E-state index contributed by atoms with van der Waals surface area (Å²) >= 11 is 0. The minimum absolute atomic E-state index is 0.0435. The number of hydrogen-bond donors (Lipinski definition) is 1. The fourth-order valence-corrected chi connectivity index (χ4v) is 3.36. The summed E-state index contributed by atoms with van der Waals surface area (Å²) < 4.78 is 11.3. The van der Waals surface area contributed by atoms with E-state index in [9.17, 15) is 9.59 Å². The van der Waals surface area contributed by atoms with Crippen molar-refractivity contribution in [2.24, 2.45) is 5.92 Å². The number of carbonyl (C=O) groups excluding carboxylic acids is 2. The molecule has 1 rings (SSSR count). The molecule has 0 aliphatic rings. The smallest absolute Gasteiger partial charge is 0.408 e. The van der Waals surface area contributed by atoms with E-state index in [0.717, 1.165) is 12.0 Å². The molecule has 1 amide bonds. The summed E-state index contributed by atoms with van der Waals surface area (Å²) in [5.41, 5.74) is 0.306. The molecule has 5 heteroatoms. The summed E-state index contributed by atoms with van der Waals surface area (Å²) in [7, 11) is 0. The maximum atomic E-state index is 13.1. The minimum Gasteiger partial charge on any atom is -0.444 e. The van der Waals surface area contributed by atoms with Gasteiger partial charge in [0.25, 0.3) is 0 Å². The minimum atomic E-state index is -0.919. The van der Waals surface area contributed by atoms with Crippen LogP contribution in [0, 0.1) is 5.92 Å². The van der Waals surface area contributed by atoms with Crippen LogP contribution in [-0.4, -0.2) is 35.2 Å². The van der Waals surface area contributed by atoms with E-state index in [0.29, 0.717) is 18.9 Å². The lowest BCUT2D eigenvalue weighted by Crippen LogP contribution is -2.47. The Morgan fingerprint density at radius 2 is 1.48 bits per heavy atom. The molecular formula is C26H43NO4. The fraction of sp³-hybridized carbons (Fsp3) is 0.692. The largest absolute Gasteiger partial charge is 0.444 e. The summed E-state index contributed by atoms with van der Waals surface area (Å²) in [4.78, 5) is 25.1. The Hall–Kier alpha value is -1.88. The van der Waals surface area contributed by atoms with Crippen LogP contribution in [0.2, 0.25) is 0 Å². The number of rotatable bonds is 10. The molecule has 1 unspecified atom stereocenters. The van der Waals surface area contributed by atoms with E-state index in [1.165, 1.54) is 5.56 Å². The van der Waals surface area contributed by atoms with Gasteiger partial charge in [0.05, 0.1) is 6.61 Å². The third kappa shape index (κ3) is 9.86. The predicted octanol–water partition coefficient (Wildman–Crippen LogP) is 6.05. The van der Waals surface area contributed by atoms with E-state index in [-0.39, 0.29) is 11.7 Å². The molecule has 0 aromatic heterocycles. The number of Topliss-reactive ketones (excluding diaryl/α,β-unsaturated/α-hetero) is 1. The van der Waals surface area contributed by atoms with Gasteiger partial charge in [0, 0.05) is 11.5 Å². The summed E-state index contributed by atoms with van der Waals surface area (Å²) in [6.07, 6.45) is 1.13. The third-order valence-electron chi connectivity index (χ3n) is 5.14. The molecule has 0 aliphatic carbocycles. The van der Waals surface area contributed by atoms with Crippen molar-refractivity contribution in [3.05, 3.63) is 35.4 Å². The van der Waals surface area contributed by atoms with Gasteiger partial charge in [-0.3, -0.25) is 4.79 Å². The highest BCUT2D eigenvalue weighted by Gasteiger charge is 2.34. The SMILES string of the molecule is CC(C)Cc1ccc(C(C)C(=O)C(C)(C)OCCC(C)(C)NC(=O)OC(C)(C)C)cc1. The van der Waals surface area contributed by atoms with Gasteiger partial charge in [-0.15, -0.1) is 0 Å². The van der Waals surface area contributed by atoms with E-state index < -0.39 is 22.8 Å². The molecule has 0 saturated heterocycles. The molecule has 176 valence electrons. The Labute approximate surface area is 189 Å². The maximum absolute atomic E-state index is 13.1. The molecule has 1 N–H and O–H groups in total. The van der Waals surface area contributed by atoms with Crippen molar-refractivity contribution >= 4 is 11.9 Å². The topological polar surface area (TPSA) is 64.6 Å². The van der Waals surface area contributed by atoms with Crippen molar-refractivity contribution in [3.63, 3.8) is 0 Å². The number of ether oxygens (including phenoxy) is 2. The second-order valence-corrected chi connectivity index (χ2v) is 11.0. The first-order chi connectivity index (χ1) is 14.0. The van der Waals surface area contributed by atoms with Gasteiger partial charge < -0.3 is 14.8 Å². The number of ketones is 1. The molecule has 31 heavy (non-hydrogen) atoms. The number of benzene rings is 1.